The van der Waals surface area contributed by atoms with Crippen LogP contribution in [0.1, 0.15) is 129 Å². The summed E-state index contributed by atoms with van der Waals surface area (Å²) in [4.78, 5) is 0. The standard InChI is InChI=1S/C28H58O4/c1-7-9-11-13-15-17-19-21-25(27(29-3)30-4)23-24-26(28(31-5)32-6)22-20-18-16-14-12-10-8-2/h25-28H,7-24H2,1-6H3. The topological polar surface area (TPSA) is 36.9 Å². The molecule has 0 amide bonds. The summed E-state index contributed by atoms with van der Waals surface area (Å²) >= 11 is 0. The van der Waals surface area contributed by atoms with Gasteiger partial charge in [0, 0.05) is 40.3 Å². The first-order chi connectivity index (χ1) is 15.7. The molecule has 2 atom stereocenters. The lowest BCUT2D eigenvalue weighted by Gasteiger charge is -2.29. The molecule has 0 aliphatic carbocycles. The molecule has 194 valence electrons. The molecule has 0 heterocycles. The summed E-state index contributed by atoms with van der Waals surface area (Å²) in [5, 5.41) is 0. The predicted molar refractivity (Wildman–Crippen MR) is 137 cm³/mol. The van der Waals surface area contributed by atoms with Crippen LogP contribution in [0.2, 0.25) is 0 Å². The highest BCUT2D eigenvalue weighted by Crippen LogP contribution is 2.29. The fourth-order valence-electron chi connectivity index (χ4n) is 4.95. The van der Waals surface area contributed by atoms with Crippen LogP contribution in [0.3, 0.4) is 0 Å². The van der Waals surface area contributed by atoms with E-state index >= 15 is 0 Å². The zero-order valence-corrected chi connectivity index (χ0v) is 22.7. The molecule has 0 saturated carbocycles. The zero-order valence-electron chi connectivity index (χ0n) is 22.7. The summed E-state index contributed by atoms with van der Waals surface area (Å²) in [6, 6.07) is 0. The van der Waals surface area contributed by atoms with Crippen LogP contribution < -0.4 is 0 Å². The van der Waals surface area contributed by atoms with Gasteiger partial charge in [0.1, 0.15) is 0 Å². The van der Waals surface area contributed by atoms with Gasteiger partial charge >= 0.3 is 0 Å². The molecule has 0 saturated heterocycles. The van der Waals surface area contributed by atoms with Gasteiger partial charge in [0.2, 0.25) is 0 Å². The van der Waals surface area contributed by atoms with E-state index in [0.29, 0.717) is 11.8 Å². The van der Waals surface area contributed by atoms with Gasteiger partial charge in [-0.15, -0.1) is 0 Å². The minimum atomic E-state index is -0.113. The van der Waals surface area contributed by atoms with Crippen molar-refractivity contribution in [2.24, 2.45) is 11.8 Å². The number of methoxy groups -OCH3 is 4. The van der Waals surface area contributed by atoms with Crippen LogP contribution in [-0.4, -0.2) is 41.0 Å². The molecule has 0 aromatic carbocycles. The molecule has 0 aromatic rings. The number of rotatable bonds is 25. The monoisotopic (exact) mass is 458 g/mol. The van der Waals surface area contributed by atoms with Crippen LogP contribution >= 0.6 is 0 Å². The number of unbranched alkanes of at least 4 members (excludes halogenated alkanes) is 12. The van der Waals surface area contributed by atoms with Gasteiger partial charge in [-0.25, -0.2) is 0 Å². The van der Waals surface area contributed by atoms with E-state index in [1.54, 1.807) is 28.4 Å². The van der Waals surface area contributed by atoms with Crippen LogP contribution in [0.5, 0.6) is 0 Å². The molecular weight excluding hydrogens is 400 g/mol. The Labute approximate surface area is 201 Å². The van der Waals surface area contributed by atoms with Crippen LogP contribution in [0.25, 0.3) is 0 Å². The first-order valence-electron chi connectivity index (χ1n) is 13.8. The van der Waals surface area contributed by atoms with E-state index in [4.69, 9.17) is 18.9 Å². The van der Waals surface area contributed by atoms with Crippen molar-refractivity contribution in [2.75, 3.05) is 28.4 Å². The van der Waals surface area contributed by atoms with Crippen molar-refractivity contribution in [3.8, 4) is 0 Å². The van der Waals surface area contributed by atoms with Crippen LogP contribution in [0, 0.1) is 11.8 Å². The van der Waals surface area contributed by atoms with E-state index in [2.05, 4.69) is 13.8 Å². The summed E-state index contributed by atoms with van der Waals surface area (Å²) in [6.07, 6.45) is 23.1. The molecule has 0 N–H and O–H groups in total. The van der Waals surface area contributed by atoms with E-state index in [0.717, 1.165) is 12.8 Å². The molecule has 0 aromatic heterocycles. The summed E-state index contributed by atoms with van der Waals surface area (Å²) in [6.45, 7) is 4.55. The van der Waals surface area contributed by atoms with E-state index in [-0.39, 0.29) is 12.6 Å². The highest BCUT2D eigenvalue weighted by atomic mass is 16.7. The summed E-state index contributed by atoms with van der Waals surface area (Å²) in [5.74, 6) is 0.873. The summed E-state index contributed by atoms with van der Waals surface area (Å²) in [5.41, 5.74) is 0. The number of hydrogen-bond donors (Lipinski definition) is 0. The third kappa shape index (κ3) is 16.5. The average Bonchev–Trinajstić information content (AvgIpc) is 2.81. The van der Waals surface area contributed by atoms with Crippen molar-refractivity contribution in [1.29, 1.82) is 0 Å². The fraction of sp³-hybridized carbons (Fsp3) is 1.00. The van der Waals surface area contributed by atoms with Gasteiger partial charge in [-0.05, 0) is 25.7 Å². The Morgan fingerprint density at radius 2 is 0.656 bits per heavy atom. The Morgan fingerprint density at radius 3 is 0.938 bits per heavy atom. The highest BCUT2D eigenvalue weighted by molar-refractivity contribution is 4.70. The Hall–Kier alpha value is -0.160. The molecule has 0 aliphatic rings. The van der Waals surface area contributed by atoms with Gasteiger partial charge in [0.15, 0.2) is 12.6 Å². The first-order valence-corrected chi connectivity index (χ1v) is 13.8. The Balaban J connectivity index is 4.54. The maximum atomic E-state index is 5.68. The molecule has 0 bridgehead atoms. The van der Waals surface area contributed by atoms with Gasteiger partial charge in [0.25, 0.3) is 0 Å². The van der Waals surface area contributed by atoms with E-state index in [9.17, 15) is 0 Å². The minimum Gasteiger partial charge on any atom is -0.356 e. The Morgan fingerprint density at radius 1 is 0.375 bits per heavy atom. The van der Waals surface area contributed by atoms with Gasteiger partial charge < -0.3 is 18.9 Å². The molecule has 32 heavy (non-hydrogen) atoms. The van der Waals surface area contributed by atoms with Crippen molar-refractivity contribution in [3.05, 3.63) is 0 Å². The molecule has 0 spiro atoms. The van der Waals surface area contributed by atoms with Crippen LogP contribution in [0.4, 0.5) is 0 Å². The Kier molecular flexibility index (Phi) is 23.9. The number of hydrogen-bond acceptors (Lipinski definition) is 4. The second kappa shape index (κ2) is 24.0. The van der Waals surface area contributed by atoms with Gasteiger partial charge in [-0.1, -0.05) is 104 Å². The maximum Gasteiger partial charge on any atom is 0.159 e. The second-order valence-electron chi connectivity index (χ2n) is 9.60. The van der Waals surface area contributed by atoms with Crippen LogP contribution in [-0.2, 0) is 18.9 Å². The predicted octanol–water partition coefficient (Wildman–Crippen LogP) is 8.52. The normalized spacial score (nSPS) is 13.9. The smallest absolute Gasteiger partial charge is 0.159 e. The summed E-state index contributed by atoms with van der Waals surface area (Å²) in [7, 11) is 7.09. The fourth-order valence-corrected chi connectivity index (χ4v) is 4.95. The van der Waals surface area contributed by atoms with Crippen molar-refractivity contribution in [3.63, 3.8) is 0 Å². The largest absolute Gasteiger partial charge is 0.356 e. The highest BCUT2D eigenvalue weighted by Gasteiger charge is 2.26. The molecule has 4 heteroatoms. The lowest BCUT2D eigenvalue weighted by molar-refractivity contribution is -0.154. The van der Waals surface area contributed by atoms with Crippen molar-refractivity contribution in [1.82, 2.24) is 0 Å². The van der Waals surface area contributed by atoms with Crippen molar-refractivity contribution in [2.45, 2.75) is 142 Å². The molecular formula is C28H58O4. The van der Waals surface area contributed by atoms with E-state index in [1.165, 1.54) is 103 Å². The van der Waals surface area contributed by atoms with Gasteiger partial charge in [-0.2, -0.15) is 0 Å². The molecule has 0 fully saturated rings. The first kappa shape index (κ1) is 31.8. The van der Waals surface area contributed by atoms with Crippen LogP contribution in [0.15, 0.2) is 0 Å². The summed E-state index contributed by atoms with van der Waals surface area (Å²) < 4.78 is 22.7. The molecule has 0 rings (SSSR count). The number of ether oxygens (including phenoxy) is 4. The SMILES string of the molecule is CCCCCCCCCC(CCC(CCCCCCCCC)C(OC)OC)C(OC)OC. The molecule has 0 aliphatic heterocycles. The lowest BCUT2D eigenvalue weighted by atomic mass is 9.88. The second-order valence-corrected chi connectivity index (χ2v) is 9.60. The van der Waals surface area contributed by atoms with Crippen molar-refractivity contribution < 1.29 is 18.9 Å². The van der Waals surface area contributed by atoms with Crippen molar-refractivity contribution >= 4 is 0 Å². The van der Waals surface area contributed by atoms with Gasteiger partial charge in [0.05, 0.1) is 0 Å². The third-order valence-corrected chi connectivity index (χ3v) is 6.96. The zero-order chi connectivity index (χ0) is 23.9. The van der Waals surface area contributed by atoms with E-state index in [1.807, 2.05) is 0 Å². The quantitative estimate of drug-likeness (QED) is 0.101. The maximum absolute atomic E-state index is 5.68. The minimum absolute atomic E-state index is 0.113. The molecule has 0 radical (unpaired) electrons. The average molecular weight is 459 g/mol. The van der Waals surface area contributed by atoms with E-state index < -0.39 is 0 Å². The van der Waals surface area contributed by atoms with Gasteiger partial charge in [-0.3, -0.25) is 0 Å². The third-order valence-electron chi connectivity index (χ3n) is 6.96. The lowest BCUT2D eigenvalue weighted by Crippen LogP contribution is -2.29. The molecule has 4 nitrogen and oxygen atoms in total. The Bertz CT molecular complexity index is 321. The molecule has 2 unspecified atom stereocenters.